The molecule has 0 aliphatic heterocycles. The van der Waals surface area contributed by atoms with Crippen LogP contribution in [0.1, 0.15) is 43.8 Å². The van der Waals surface area contributed by atoms with Gasteiger partial charge < -0.3 is 4.79 Å². The highest BCUT2D eigenvalue weighted by Crippen LogP contribution is 2.33. The fraction of sp³-hybridized carbons (Fsp3) is 0.438. The molecule has 3 nitrogen and oxygen atoms in total. The van der Waals surface area contributed by atoms with Crippen molar-refractivity contribution in [1.82, 2.24) is 9.97 Å². The minimum atomic E-state index is -0.162. The van der Waals surface area contributed by atoms with Crippen LogP contribution in [0, 0.1) is 5.92 Å². The fourth-order valence-electron chi connectivity index (χ4n) is 3.03. The SMILES string of the molecule is [B]C(=O)C1CCCC(c2ncc3ccccc3n2)CC1. The highest BCUT2D eigenvalue weighted by molar-refractivity contribution is 6.58. The topological polar surface area (TPSA) is 42.9 Å². The van der Waals surface area contributed by atoms with Gasteiger partial charge in [-0.25, -0.2) is 9.97 Å². The van der Waals surface area contributed by atoms with Crippen molar-refractivity contribution in [2.75, 3.05) is 0 Å². The summed E-state index contributed by atoms with van der Waals surface area (Å²) < 4.78 is 0. The predicted molar refractivity (Wildman–Crippen MR) is 79.6 cm³/mol. The summed E-state index contributed by atoms with van der Waals surface area (Å²) in [5.74, 6) is 1.29. The van der Waals surface area contributed by atoms with E-state index in [1.54, 1.807) is 0 Å². The molecule has 100 valence electrons. The maximum Gasteiger partial charge on any atom is 0.168 e. The van der Waals surface area contributed by atoms with Crippen LogP contribution in [0.2, 0.25) is 0 Å². The Morgan fingerprint density at radius 2 is 2.00 bits per heavy atom. The predicted octanol–water partition coefficient (Wildman–Crippen LogP) is 2.99. The molecule has 3 rings (SSSR count). The van der Waals surface area contributed by atoms with Gasteiger partial charge in [0.25, 0.3) is 0 Å². The number of carbonyl (C=O) groups excluding carboxylic acids is 1. The smallest absolute Gasteiger partial charge is 0.168 e. The van der Waals surface area contributed by atoms with Crippen molar-refractivity contribution in [2.45, 2.75) is 38.0 Å². The van der Waals surface area contributed by atoms with Crippen molar-refractivity contribution in [3.63, 3.8) is 0 Å². The Kier molecular flexibility index (Phi) is 3.81. The van der Waals surface area contributed by atoms with Crippen LogP contribution in [0.5, 0.6) is 0 Å². The minimum Gasteiger partial charge on any atom is -0.312 e. The first kappa shape index (κ1) is 13.3. The van der Waals surface area contributed by atoms with Crippen LogP contribution >= 0.6 is 0 Å². The van der Waals surface area contributed by atoms with Crippen molar-refractivity contribution in [3.8, 4) is 0 Å². The molecule has 0 spiro atoms. The minimum absolute atomic E-state index is 0.0282. The highest BCUT2D eigenvalue weighted by Gasteiger charge is 2.23. The van der Waals surface area contributed by atoms with Gasteiger partial charge in [-0.15, -0.1) is 0 Å². The molecule has 2 radical (unpaired) electrons. The first-order valence-corrected chi connectivity index (χ1v) is 7.25. The summed E-state index contributed by atoms with van der Waals surface area (Å²) in [7, 11) is 5.42. The van der Waals surface area contributed by atoms with Crippen molar-refractivity contribution in [1.29, 1.82) is 0 Å². The van der Waals surface area contributed by atoms with Crippen LogP contribution in [-0.2, 0) is 4.79 Å². The lowest BCUT2D eigenvalue weighted by Gasteiger charge is -2.13. The maximum absolute atomic E-state index is 11.3. The van der Waals surface area contributed by atoms with E-state index in [1.165, 1.54) is 0 Å². The lowest BCUT2D eigenvalue weighted by molar-refractivity contribution is -0.115. The zero-order valence-corrected chi connectivity index (χ0v) is 11.5. The number of hydrogen-bond donors (Lipinski definition) is 0. The van der Waals surface area contributed by atoms with Crippen LogP contribution in [-0.4, -0.2) is 23.5 Å². The molecule has 1 aliphatic carbocycles. The van der Waals surface area contributed by atoms with E-state index < -0.39 is 0 Å². The molecule has 2 unspecified atom stereocenters. The van der Waals surface area contributed by atoms with Crippen LogP contribution in [0.15, 0.2) is 30.5 Å². The lowest BCUT2D eigenvalue weighted by atomic mass is 9.84. The molecular weight excluding hydrogens is 247 g/mol. The molecule has 0 bridgehead atoms. The second kappa shape index (κ2) is 5.74. The van der Waals surface area contributed by atoms with Crippen molar-refractivity contribution in [3.05, 3.63) is 36.3 Å². The van der Waals surface area contributed by atoms with Crippen LogP contribution in [0.3, 0.4) is 0 Å². The number of para-hydroxylation sites is 1. The van der Waals surface area contributed by atoms with Crippen molar-refractivity contribution >= 4 is 24.4 Å². The number of hydrogen-bond acceptors (Lipinski definition) is 3. The Morgan fingerprint density at radius 3 is 2.85 bits per heavy atom. The van der Waals surface area contributed by atoms with Gasteiger partial charge in [0.2, 0.25) is 0 Å². The van der Waals surface area contributed by atoms with E-state index in [4.69, 9.17) is 7.85 Å². The van der Waals surface area contributed by atoms with E-state index >= 15 is 0 Å². The summed E-state index contributed by atoms with van der Waals surface area (Å²) in [6, 6.07) is 8.03. The number of benzene rings is 1. The summed E-state index contributed by atoms with van der Waals surface area (Å²) >= 11 is 0. The fourth-order valence-corrected chi connectivity index (χ4v) is 3.03. The molecule has 4 heteroatoms. The normalized spacial score (nSPS) is 23.4. The molecule has 20 heavy (non-hydrogen) atoms. The van der Waals surface area contributed by atoms with E-state index in [2.05, 4.69) is 9.97 Å². The molecule has 2 atom stereocenters. The van der Waals surface area contributed by atoms with Gasteiger partial charge in [0.05, 0.1) is 11.2 Å². The highest BCUT2D eigenvalue weighted by atomic mass is 16.1. The Morgan fingerprint density at radius 1 is 1.15 bits per heavy atom. The molecule has 1 saturated carbocycles. The average molecular weight is 264 g/mol. The molecule has 1 aliphatic rings. The second-order valence-electron chi connectivity index (χ2n) is 5.59. The maximum atomic E-state index is 11.3. The summed E-state index contributed by atoms with van der Waals surface area (Å²) in [5, 5.41) is 1.07. The number of fused-ring (bicyclic) bond motifs is 1. The first-order valence-electron chi connectivity index (χ1n) is 7.25. The Bertz CT molecular complexity index is 629. The molecular formula is C16H17BN2O. The van der Waals surface area contributed by atoms with E-state index in [1.807, 2.05) is 30.5 Å². The molecule has 2 aromatic rings. The average Bonchev–Trinajstić information content (AvgIpc) is 2.73. The number of nitrogens with zero attached hydrogens (tertiary/aromatic N) is 2. The van der Waals surface area contributed by atoms with Gasteiger partial charge in [-0.1, -0.05) is 24.6 Å². The number of aromatic nitrogens is 2. The Labute approximate surface area is 120 Å². The van der Waals surface area contributed by atoms with E-state index in [9.17, 15) is 4.79 Å². The lowest BCUT2D eigenvalue weighted by Crippen LogP contribution is -2.13. The van der Waals surface area contributed by atoms with Crippen molar-refractivity contribution in [2.24, 2.45) is 5.92 Å². The summed E-state index contributed by atoms with van der Waals surface area (Å²) in [5.41, 5.74) is 0.832. The van der Waals surface area contributed by atoms with Crippen LogP contribution in [0.4, 0.5) is 0 Å². The Balaban J connectivity index is 1.82. The van der Waals surface area contributed by atoms with E-state index in [0.717, 1.165) is 48.8 Å². The molecule has 1 aromatic carbocycles. The molecule has 1 fully saturated rings. The van der Waals surface area contributed by atoms with E-state index in [0.29, 0.717) is 5.92 Å². The number of rotatable bonds is 2. The quantitative estimate of drug-likeness (QED) is 0.618. The Hall–Kier alpha value is -1.71. The third-order valence-corrected chi connectivity index (χ3v) is 4.24. The standard InChI is InChI=1S/C16H17BN2O/c17-15(20)11-5-3-6-12(9-8-11)16-18-10-13-4-1-2-7-14(13)19-16/h1-2,4,7,10-12H,3,5-6,8-9H2. The zero-order chi connectivity index (χ0) is 13.9. The molecule has 0 saturated heterocycles. The van der Waals surface area contributed by atoms with Gasteiger partial charge in [-0.05, 0) is 31.7 Å². The van der Waals surface area contributed by atoms with Gasteiger partial charge >= 0.3 is 0 Å². The van der Waals surface area contributed by atoms with E-state index in [-0.39, 0.29) is 11.6 Å². The molecule has 1 aromatic heterocycles. The monoisotopic (exact) mass is 264 g/mol. The first-order chi connectivity index (χ1) is 9.74. The second-order valence-corrected chi connectivity index (χ2v) is 5.59. The van der Waals surface area contributed by atoms with Gasteiger partial charge in [0.1, 0.15) is 5.82 Å². The van der Waals surface area contributed by atoms with Crippen LogP contribution in [0.25, 0.3) is 10.9 Å². The van der Waals surface area contributed by atoms with Gasteiger partial charge in [-0.3, -0.25) is 0 Å². The van der Waals surface area contributed by atoms with Crippen LogP contribution < -0.4 is 0 Å². The third kappa shape index (κ3) is 2.74. The molecule has 0 amide bonds. The van der Waals surface area contributed by atoms with Gasteiger partial charge in [-0.2, -0.15) is 0 Å². The largest absolute Gasteiger partial charge is 0.312 e. The summed E-state index contributed by atoms with van der Waals surface area (Å²) in [6.45, 7) is 0. The summed E-state index contributed by atoms with van der Waals surface area (Å²) in [4.78, 5) is 20.5. The molecule has 1 heterocycles. The van der Waals surface area contributed by atoms with Gasteiger partial charge in [0.15, 0.2) is 7.85 Å². The zero-order valence-electron chi connectivity index (χ0n) is 11.5. The summed E-state index contributed by atoms with van der Waals surface area (Å²) in [6.07, 6.45) is 6.67. The third-order valence-electron chi connectivity index (χ3n) is 4.24. The molecule has 0 N–H and O–H groups in total. The van der Waals surface area contributed by atoms with Crippen molar-refractivity contribution < 1.29 is 4.79 Å². The van der Waals surface area contributed by atoms with Gasteiger partial charge in [0, 0.05) is 23.4 Å². The number of carbonyl (C=O) groups is 1.